The van der Waals surface area contributed by atoms with Gasteiger partial charge in [0.2, 0.25) is 5.91 Å². The Bertz CT molecular complexity index is 855. The van der Waals surface area contributed by atoms with Crippen molar-refractivity contribution in [3.05, 3.63) is 53.4 Å². The first-order chi connectivity index (χ1) is 13.8. The lowest BCUT2D eigenvalue weighted by molar-refractivity contribution is -0.118. The molecule has 1 aliphatic rings. The summed E-state index contributed by atoms with van der Waals surface area (Å²) in [6.07, 6.45) is 5.42. The molecular formula is C21H25N3O2S2. The molecule has 0 bridgehead atoms. The standard InChI is InChI=1S/C21H25N3O2S2/c25-20(14-27-15-21-23-16-7-2-3-9-19(16)28-21)22-13-17(18-8-6-12-26-18)24-10-4-1-5-11-24/h2-3,6-9,12,17H,1,4-5,10-11,13-15H2,(H,22,25). The zero-order chi connectivity index (χ0) is 19.2. The summed E-state index contributed by atoms with van der Waals surface area (Å²) in [5, 5.41) is 4.17. The number of hydrogen-bond donors (Lipinski definition) is 1. The minimum Gasteiger partial charge on any atom is -0.468 e. The van der Waals surface area contributed by atoms with Crippen LogP contribution >= 0.6 is 23.1 Å². The van der Waals surface area contributed by atoms with E-state index < -0.39 is 0 Å². The highest BCUT2D eigenvalue weighted by atomic mass is 32.2. The number of carbonyl (C=O) groups is 1. The van der Waals surface area contributed by atoms with Crippen molar-refractivity contribution in [1.29, 1.82) is 0 Å². The van der Waals surface area contributed by atoms with E-state index in [1.54, 1.807) is 29.4 Å². The van der Waals surface area contributed by atoms with Crippen LogP contribution in [0.1, 0.15) is 36.1 Å². The van der Waals surface area contributed by atoms with Crippen LogP contribution in [0.3, 0.4) is 0 Å². The fourth-order valence-electron chi connectivity index (χ4n) is 3.59. The number of carbonyl (C=O) groups excluding carboxylic acids is 1. The van der Waals surface area contributed by atoms with E-state index in [1.165, 1.54) is 24.0 Å². The summed E-state index contributed by atoms with van der Waals surface area (Å²) < 4.78 is 6.84. The Morgan fingerprint density at radius 1 is 1.21 bits per heavy atom. The van der Waals surface area contributed by atoms with Crippen LogP contribution in [0.2, 0.25) is 0 Å². The topological polar surface area (TPSA) is 58.4 Å². The Morgan fingerprint density at radius 2 is 2.07 bits per heavy atom. The summed E-state index contributed by atoms with van der Waals surface area (Å²) >= 11 is 3.31. The van der Waals surface area contributed by atoms with Crippen LogP contribution in [0.25, 0.3) is 10.2 Å². The molecule has 3 heterocycles. The van der Waals surface area contributed by atoms with Crippen molar-refractivity contribution in [1.82, 2.24) is 15.2 Å². The number of nitrogens with zero attached hydrogens (tertiary/aromatic N) is 2. The van der Waals surface area contributed by atoms with Gasteiger partial charge in [-0.3, -0.25) is 9.69 Å². The number of aromatic nitrogens is 1. The number of para-hydroxylation sites is 1. The normalized spacial score (nSPS) is 16.3. The van der Waals surface area contributed by atoms with E-state index in [4.69, 9.17) is 4.42 Å². The summed E-state index contributed by atoms with van der Waals surface area (Å²) in [6.45, 7) is 2.72. The van der Waals surface area contributed by atoms with Gasteiger partial charge in [0, 0.05) is 12.3 Å². The van der Waals surface area contributed by atoms with Crippen molar-refractivity contribution >= 4 is 39.2 Å². The van der Waals surface area contributed by atoms with Gasteiger partial charge in [0.1, 0.15) is 10.8 Å². The van der Waals surface area contributed by atoms with Crippen molar-refractivity contribution in [3.63, 3.8) is 0 Å². The van der Waals surface area contributed by atoms with Crippen LogP contribution in [0, 0.1) is 0 Å². The SMILES string of the molecule is O=C(CSCc1nc2ccccc2s1)NCC(c1ccco1)N1CCCCC1. The lowest BCUT2D eigenvalue weighted by Gasteiger charge is -2.33. The summed E-state index contributed by atoms with van der Waals surface area (Å²) in [7, 11) is 0. The van der Waals surface area contributed by atoms with Gasteiger partial charge >= 0.3 is 0 Å². The summed E-state index contributed by atoms with van der Waals surface area (Å²) in [4.78, 5) is 19.4. The molecule has 2 aromatic heterocycles. The number of rotatable bonds is 8. The van der Waals surface area contributed by atoms with Crippen molar-refractivity contribution in [2.45, 2.75) is 31.1 Å². The minimum absolute atomic E-state index is 0.0691. The molecule has 3 aromatic rings. The van der Waals surface area contributed by atoms with E-state index in [2.05, 4.69) is 21.3 Å². The van der Waals surface area contributed by atoms with Gasteiger partial charge in [-0.2, -0.15) is 0 Å². The molecule has 0 radical (unpaired) electrons. The van der Waals surface area contributed by atoms with E-state index in [0.717, 1.165) is 35.1 Å². The fourth-order valence-corrected chi connectivity index (χ4v) is 5.47. The maximum Gasteiger partial charge on any atom is 0.230 e. The van der Waals surface area contributed by atoms with Crippen LogP contribution in [0.15, 0.2) is 47.1 Å². The number of amides is 1. The molecule has 1 N–H and O–H groups in total. The first-order valence-electron chi connectivity index (χ1n) is 9.76. The van der Waals surface area contributed by atoms with Gasteiger partial charge in [-0.1, -0.05) is 18.6 Å². The van der Waals surface area contributed by atoms with Crippen LogP contribution in [0.5, 0.6) is 0 Å². The van der Waals surface area contributed by atoms with E-state index in [-0.39, 0.29) is 11.9 Å². The van der Waals surface area contributed by atoms with Gasteiger partial charge in [0.25, 0.3) is 0 Å². The number of nitrogens with one attached hydrogen (secondary N) is 1. The third kappa shape index (κ3) is 4.96. The number of benzene rings is 1. The van der Waals surface area contributed by atoms with Gasteiger partial charge in [-0.15, -0.1) is 23.1 Å². The van der Waals surface area contributed by atoms with Crippen molar-refractivity contribution in [2.75, 3.05) is 25.4 Å². The Kier molecular flexibility index (Phi) is 6.67. The van der Waals surface area contributed by atoms with Gasteiger partial charge in [0.15, 0.2) is 0 Å². The molecule has 28 heavy (non-hydrogen) atoms. The molecule has 1 aromatic carbocycles. The molecular weight excluding hydrogens is 390 g/mol. The Morgan fingerprint density at radius 3 is 2.86 bits per heavy atom. The fraction of sp³-hybridized carbons (Fsp3) is 0.429. The van der Waals surface area contributed by atoms with E-state index in [1.807, 2.05) is 30.3 Å². The number of thiazole rings is 1. The summed E-state index contributed by atoms with van der Waals surface area (Å²) in [5.74, 6) is 2.21. The van der Waals surface area contributed by atoms with Crippen LogP contribution in [-0.4, -0.2) is 41.2 Å². The highest BCUT2D eigenvalue weighted by molar-refractivity contribution is 7.99. The first-order valence-corrected chi connectivity index (χ1v) is 11.7. The molecule has 7 heteroatoms. The molecule has 0 spiro atoms. The van der Waals surface area contributed by atoms with Crippen LogP contribution in [-0.2, 0) is 10.5 Å². The molecule has 1 amide bonds. The van der Waals surface area contributed by atoms with Crippen molar-refractivity contribution in [2.24, 2.45) is 0 Å². The zero-order valence-electron chi connectivity index (χ0n) is 15.8. The number of hydrogen-bond acceptors (Lipinski definition) is 6. The predicted molar refractivity (Wildman–Crippen MR) is 116 cm³/mol. The number of thioether (sulfide) groups is 1. The molecule has 1 atom stereocenters. The van der Waals surface area contributed by atoms with E-state index in [9.17, 15) is 4.79 Å². The second kappa shape index (κ2) is 9.58. The van der Waals surface area contributed by atoms with Crippen molar-refractivity contribution < 1.29 is 9.21 Å². The van der Waals surface area contributed by atoms with Gasteiger partial charge in [-0.05, 0) is 50.2 Å². The van der Waals surface area contributed by atoms with Gasteiger partial charge in [0.05, 0.1) is 28.3 Å². The van der Waals surface area contributed by atoms with Gasteiger partial charge < -0.3 is 9.73 Å². The molecule has 1 unspecified atom stereocenters. The zero-order valence-corrected chi connectivity index (χ0v) is 17.4. The average Bonchev–Trinajstić information content (AvgIpc) is 3.38. The molecule has 1 saturated heterocycles. The van der Waals surface area contributed by atoms with Crippen LogP contribution in [0.4, 0.5) is 0 Å². The minimum atomic E-state index is 0.0691. The van der Waals surface area contributed by atoms with Crippen LogP contribution < -0.4 is 5.32 Å². The maximum atomic E-state index is 12.4. The van der Waals surface area contributed by atoms with E-state index >= 15 is 0 Å². The third-order valence-corrected chi connectivity index (χ3v) is 7.16. The molecule has 4 rings (SSSR count). The predicted octanol–water partition coefficient (Wildman–Crippen LogP) is 4.47. The monoisotopic (exact) mass is 415 g/mol. The molecule has 1 fully saturated rings. The smallest absolute Gasteiger partial charge is 0.230 e. The molecule has 0 saturated carbocycles. The van der Waals surface area contributed by atoms with Crippen molar-refractivity contribution in [3.8, 4) is 0 Å². The number of piperidine rings is 1. The summed E-state index contributed by atoms with van der Waals surface area (Å²) in [5.41, 5.74) is 1.04. The molecule has 1 aliphatic heterocycles. The average molecular weight is 416 g/mol. The first kappa shape index (κ1) is 19.5. The quantitative estimate of drug-likeness (QED) is 0.588. The van der Waals surface area contributed by atoms with Gasteiger partial charge in [-0.25, -0.2) is 4.98 Å². The number of fused-ring (bicyclic) bond motifs is 1. The highest BCUT2D eigenvalue weighted by Gasteiger charge is 2.24. The molecule has 148 valence electrons. The molecule has 5 nitrogen and oxygen atoms in total. The largest absolute Gasteiger partial charge is 0.468 e. The maximum absolute atomic E-state index is 12.4. The molecule has 0 aliphatic carbocycles. The summed E-state index contributed by atoms with van der Waals surface area (Å²) in [6, 6.07) is 12.2. The van der Waals surface area contributed by atoms with E-state index in [0.29, 0.717) is 12.3 Å². The number of likely N-dealkylation sites (tertiary alicyclic amines) is 1. The number of furan rings is 1. The Labute approximate surface area is 173 Å². The highest BCUT2D eigenvalue weighted by Crippen LogP contribution is 2.26. The Hall–Kier alpha value is -1.83. The third-order valence-electron chi connectivity index (χ3n) is 4.99. The Balaban J connectivity index is 1.26. The second-order valence-electron chi connectivity index (χ2n) is 7.00. The lowest BCUT2D eigenvalue weighted by atomic mass is 10.1. The lowest BCUT2D eigenvalue weighted by Crippen LogP contribution is -2.40. The second-order valence-corrected chi connectivity index (χ2v) is 9.10.